The van der Waals surface area contributed by atoms with Gasteiger partial charge in [-0.05, 0) is 49.8 Å². The number of rotatable bonds is 3. The van der Waals surface area contributed by atoms with E-state index >= 15 is 0 Å². The molecule has 1 heterocycles. The second kappa shape index (κ2) is 6.06. The van der Waals surface area contributed by atoms with Gasteiger partial charge >= 0.3 is 5.97 Å². The summed E-state index contributed by atoms with van der Waals surface area (Å²) in [6.07, 6.45) is 7.82. The lowest BCUT2D eigenvalue weighted by Gasteiger charge is -2.44. The Balaban J connectivity index is 1.82. The zero-order valence-electron chi connectivity index (χ0n) is 12.4. The van der Waals surface area contributed by atoms with E-state index < -0.39 is 5.97 Å². The highest BCUT2D eigenvalue weighted by Crippen LogP contribution is 2.36. The summed E-state index contributed by atoms with van der Waals surface area (Å²) in [7, 11) is 0. The Morgan fingerprint density at radius 1 is 1.24 bits per heavy atom. The minimum atomic E-state index is -0.916. The maximum Gasteiger partial charge on any atom is 0.338 e. The molecule has 1 aliphatic heterocycles. The van der Waals surface area contributed by atoms with Crippen molar-refractivity contribution in [1.29, 1.82) is 0 Å². The molecular weight excluding hydrogens is 264 g/mol. The van der Waals surface area contributed by atoms with Crippen LogP contribution in [0.5, 0.6) is 0 Å². The minimum absolute atomic E-state index is 0.287. The van der Waals surface area contributed by atoms with Crippen LogP contribution in [0.1, 0.15) is 54.4 Å². The van der Waals surface area contributed by atoms with Gasteiger partial charge in [0, 0.05) is 18.3 Å². The molecule has 1 aliphatic carbocycles. The largest absolute Gasteiger partial charge is 0.478 e. The predicted molar refractivity (Wildman–Crippen MR) is 83.2 cm³/mol. The number of hydrogen-bond donors (Lipinski definition) is 2. The van der Waals surface area contributed by atoms with Crippen LogP contribution in [0.15, 0.2) is 18.2 Å². The third kappa shape index (κ3) is 2.91. The van der Waals surface area contributed by atoms with E-state index in [0.717, 1.165) is 18.0 Å². The van der Waals surface area contributed by atoms with Gasteiger partial charge in [-0.15, -0.1) is 0 Å². The standard InChI is InChI=1S/C17H24N2O2/c18-14-8-3-6-13(16(14)17(20)21)11-19-10-4-7-12-5-1-2-9-15(12)19/h3,6,8,12,15H,1-2,4-5,7,9-11,18H2,(H,20,21). The van der Waals surface area contributed by atoms with Crippen LogP contribution in [-0.2, 0) is 6.54 Å². The van der Waals surface area contributed by atoms with Crippen LogP contribution in [0.3, 0.4) is 0 Å². The highest BCUT2D eigenvalue weighted by molar-refractivity contribution is 5.95. The number of fused-ring (bicyclic) bond motifs is 1. The number of benzene rings is 1. The van der Waals surface area contributed by atoms with Crippen molar-refractivity contribution < 1.29 is 9.90 Å². The van der Waals surface area contributed by atoms with Crippen molar-refractivity contribution in [3.63, 3.8) is 0 Å². The highest BCUT2D eigenvalue weighted by Gasteiger charge is 2.33. The van der Waals surface area contributed by atoms with Crippen LogP contribution >= 0.6 is 0 Å². The summed E-state index contributed by atoms with van der Waals surface area (Å²) in [6, 6.07) is 6.08. The van der Waals surface area contributed by atoms with E-state index in [1.807, 2.05) is 12.1 Å². The van der Waals surface area contributed by atoms with E-state index in [9.17, 15) is 9.90 Å². The fourth-order valence-corrected chi connectivity index (χ4v) is 4.16. The second-order valence-electron chi connectivity index (χ2n) is 6.41. The first-order valence-corrected chi connectivity index (χ1v) is 8.01. The van der Waals surface area contributed by atoms with Crippen molar-refractivity contribution in [1.82, 2.24) is 4.90 Å². The first kappa shape index (κ1) is 14.4. The Hall–Kier alpha value is -1.55. The molecule has 2 atom stereocenters. The van der Waals surface area contributed by atoms with Gasteiger partial charge in [-0.1, -0.05) is 25.0 Å². The normalized spacial score (nSPS) is 26.3. The van der Waals surface area contributed by atoms with Crippen LogP contribution in [-0.4, -0.2) is 28.6 Å². The van der Waals surface area contributed by atoms with Crippen molar-refractivity contribution in [3.8, 4) is 0 Å². The molecule has 4 heteroatoms. The fourth-order valence-electron chi connectivity index (χ4n) is 4.16. The lowest BCUT2D eigenvalue weighted by molar-refractivity contribution is 0.0536. The number of nitrogens with two attached hydrogens (primary N) is 1. The van der Waals surface area contributed by atoms with Crippen LogP contribution < -0.4 is 5.73 Å². The summed E-state index contributed by atoms with van der Waals surface area (Å²) in [5.41, 5.74) is 7.38. The molecule has 0 aromatic heterocycles. The molecule has 0 bridgehead atoms. The SMILES string of the molecule is Nc1cccc(CN2CCCC3CCCCC32)c1C(=O)O. The molecule has 0 amide bonds. The lowest BCUT2D eigenvalue weighted by atomic mass is 9.78. The highest BCUT2D eigenvalue weighted by atomic mass is 16.4. The van der Waals surface area contributed by atoms with Crippen LogP contribution in [0.4, 0.5) is 5.69 Å². The van der Waals surface area contributed by atoms with E-state index in [-0.39, 0.29) is 5.56 Å². The van der Waals surface area contributed by atoms with E-state index in [0.29, 0.717) is 18.3 Å². The van der Waals surface area contributed by atoms with Gasteiger partial charge in [0.05, 0.1) is 5.56 Å². The molecule has 1 aromatic carbocycles. The molecule has 2 fully saturated rings. The summed E-state index contributed by atoms with van der Waals surface area (Å²) >= 11 is 0. The van der Waals surface area contributed by atoms with Gasteiger partial charge in [-0.25, -0.2) is 4.79 Å². The quantitative estimate of drug-likeness (QED) is 0.839. The molecule has 1 saturated carbocycles. The topological polar surface area (TPSA) is 66.6 Å². The Bertz CT molecular complexity index is 528. The monoisotopic (exact) mass is 288 g/mol. The first-order chi connectivity index (χ1) is 10.2. The van der Waals surface area contributed by atoms with E-state index in [1.54, 1.807) is 6.07 Å². The molecule has 3 N–H and O–H groups in total. The Morgan fingerprint density at radius 2 is 2.00 bits per heavy atom. The number of likely N-dealkylation sites (tertiary alicyclic amines) is 1. The second-order valence-corrected chi connectivity index (χ2v) is 6.41. The molecule has 114 valence electrons. The lowest BCUT2D eigenvalue weighted by Crippen LogP contribution is -2.46. The van der Waals surface area contributed by atoms with Gasteiger partial charge in [0.1, 0.15) is 0 Å². The van der Waals surface area contributed by atoms with Crippen molar-refractivity contribution >= 4 is 11.7 Å². The Labute approximate surface area is 125 Å². The number of nitrogens with zero attached hydrogens (tertiary/aromatic N) is 1. The molecule has 0 spiro atoms. The number of carboxylic acid groups (broad SMARTS) is 1. The number of aromatic carboxylic acids is 1. The zero-order chi connectivity index (χ0) is 14.8. The van der Waals surface area contributed by atoms with Gasteiger partial charge in [0.15, 0.2) is 0 Å². The molecule has 1 saturated heterocycles. The number of carboxylic acids is 1. The summed E-state index contributed by atoms with van der Waals surface area (Å²) in [4.78, 5) is 14.0. The third-order valence-corrected chi connectivity index (χ3v) is 5.13. The average molecular weight is 288 g/mol. The molecular formula is C17H24N2O2. The number of piperidine rings is 1. The third-order valence-electron chi connectivity index (χ3n) is 5.13. The van der Waals surface area contributed by atoms with Crippen molar-refractivity contribution in [2.75, 3.05) is 12.3 Å². The molecule has 1 aromatic rings. The van der Waals surface area contributed by atoms with E-state index in [4.69, 9.17) is 5.73 Å². The molecule has 2 aliphatic rings. The average Bonchev–Trinajstić information content (AvgIpc) is 2.47. The zero-order valence-corrected chi connectivity index (χ0v) is 12.4. The Morgan fingerprint density at radius 3 is 2.81 bits per heavy atom. The minimum Gasteiger partial charge on any atom is -0.478 e. The molecule has 3 rings (SSSR count). The predicted octanol–water partition coefficient (Wildman–Crippen LogP) is 3.12. The van der Waals surface area contributed by atoms with Crippen LogP contribution in [0.25, 0.3) is 0 Å². The molecule has 0 radical (unpaired) electrons. The van der Waals surface area contributed by atoms with Gasteiger partial charge in [-0.2, -0.15) is 0 Å². The van der Waals surface area contributed by atoms with Crippen molar-refractivity contribution in [3.05, 3.63) is 29.3 Å². The van der Waals surface area contributed by atoms with E-state index in [2.05, 4.69) is 4.90 Å². The van der Waals surface area contributed by atoms with Gasteiger partial charge in [0.25, 0.3) is 0 Å². The first-order valence-electron chi connectivity index (χ1n) is 8.01. The summed E-state index contributed by atoms with van der Waals surface area (Å²) in [5, 5.41) is 9.41. The summed E-state index contributed by atoms with van der Waals surface area (Å²) < 4.78 is 0. The van der Waals surface area contributed by atoms with Crippen LogP contribution in [0.2, 0.25) is 0 Å². The van der Waals surface area contributed by atoms with Gasteiger partial charge in [0.2, 0.25) is 0 Å². The van der Waals surface area contributed by atoms with Crippen molar-refractivity contribution in [2.24, 2.45) is 5.92 Å². The smallest absolute Gasteiger partial charge is 0.338 e. The number of nitrogen functional groups attached to an aromatic ring is 1. The Kier molecular flexibility index (Phi) is 4.15. The number of hydrogen-bond acceptors (Lipinski definition) is 3. The summed E-state index contributed by atoms with van der Waals surface area (Å²) in [5.74, 6) is -0.109. The maximum absolute atomic E-state index is 11.5. The maximum atomic E-state index is 11.5. The fraction of sp³-hybridized carbons (Fsp3) is 0.588. The summed E-state index contributed by atoms with van der Waals surface area (Å²) in [6.45, 7) is 1.79. The van der Waals surface area contributed by atoms with Gasteiger partial charge in [-0.3, -0.25) is 4.90 Å². The number of anilines is 1. The van der Waals surface area contributed by atoms with Crippen LogP contribution in [0, 0.1) is 5.92 Å². The molecule has 4 nitrogen and oxygen atoms in total. The molecule has 2 unspecified atom stereocenters. The molecule has 21 heavy (non-hydrogen) atoms. The number of carbonyl (C=O) groups is 1. The van der Waals surface area contributed by atoms with E-state index in [1.165, 1.54) is 38.5 Å². The van der Waals surface area contributed by atoms with Gasteiger partial charge < -0.3 is 10.8 Å². The van der Waals surface area contributed by atoms with Crippen molar-refractivity contribution in [2.45, 2.75) is 51.1 Å².